The molecule has 170 valence electrons. The molecule has 0 aromatic heterocycles. The summed E-state index contributed by atoms with van der Waals surface area (Å²) in [6, 6.07) is 9.58. The van der Waals surface area contributed by atoms with E-state index in [1.54, 1.807) is 25.1 Å². The van der Waals surface area contributed by atoms with Crippen LogP contribution in [-0.2, 0) is 19.6 Å². The van der Waals surface area contributed by atoms with Crippen molar-refractivity contribution < 1.29 is 22.7 Å². The van der Waals surface area contributed by atoms with E-state index < -0.39 is 22.0 Å². The number of halogens is 1. The van der Waals surface area contributed by atoms with Gasteiger partial charge >= 0.3 is 0 Å². The number of ether oxygens (including phenoxy) is 1. The average Bonchev–Trinajstić information content (AvgIpc) is 2.76. The minimum Gasteiger partial charge on any atom is -0.479 e. The van der Waals surface area contributed by atoms with Gasteiger partial charge in [0.25, 0.3) is 5.91 Å². The first-order chi connectivity index (χ1) is 15.1. The van der Waals surface area contributed by atoms with Gasteiger partial charge in [-0.15, -0.1) is 0 Å². The van der Waals surface area contributed by atoms with Crippen LogP contribution in [-0.4, -0.2) is 43.7 Å². The van der Waals surface area contributed by atoms with Crippen LogP contribution in [0.2, 0.25) is 5.02 Å². The van der Waals surface area contributed by atoms with Gasteiger partial charge in [-0.05, 0) is 68.7 Å². The molecular weight excluding hydrogens is 454 g/mol. The number of sulfonamides is 1. The fraction of sp³-hybridized carbons (Fsp3) is 0.364. The van der Waals surface area contributed by atoms with Gasteiger partial charge in [0.1, 0.15) is 5.75 Å². The zero-order chi connectivity index (χ0) is 23.0. The highest BCUT2D eigenvalue weighted by Crippen LogP contribution is 2.34. The molecule has 2 heterocycles. The van der Waals surface area contributed by atoms with E-state index in [0.29, 0.717) is 41.5 Å². The van der Waals surface area contributed by atoms with E-state index in [2.05, 4.69) is 10.6 Å². The summed E-state index contributed by atoms with van der Waals surface area (Å²) >= 11 is 5.97. The Hall–Kier alpha value is -2.62. The molecule has 1 fully saturated rings. The van der Waals surface area contributed by atoms with Crippen LogP contribution in [0.4, 0.5) is 11.4 Å². The number of rotatable bonds is 4. The highest BCUT2D eigenvalue weighted by atomic mass is 35.5. The lowest BCUT2D eigenvalue weighted by Gasteiger charge is -2.31. The summed E-state index contributed by atoms with van der Waals surface area (Å²) in [5.74, 6) is -0.616. The topological polar surface area (TPSA) is 105 Å². The fourth-order valence-corrected chi connectivity index (χ4v) is 5.65. The highest BCUT2D eigenvalue weighted by molar-refractivity contribution is 7.89. The molecule has 0 bridgehead atoms. The third kappa shape index (κ3) is 4.46. The molecule has 2 atom stereocenters. The molecular formula is C22H24ClN3O5S. The first kappa shape index (κ1) is 22.6. The number of fused-ring (bicyclic) bond motifs is 1. The molecule has 8 nitrogen and oxygen atoms in total. The van der Waals surface area contributed by atoms with Crippen LogP contribution in [0, 0.1) is 12.8 Å². The van der Waals surface area contributed by atoms with E-state index in [9.17, 15) is 18.0 Å². The number of carbonyl (C=O) groups excluding carboxylic acids is 2. The van der Waals surface area contributed by atoms with Crippen LogP contribution in [0.3, 0.4) is 0 Å². The number of anilines is 2. The van der Waals surface area contributed by atoms with Gasteiger partial charge in [-0.1, -0.05) is 11.6 Å². The van der Waals surface area contributed by atoms with E-state index in [4.69, 9.17) is 16.3 Å². The SMILES string of the molecule is Cc1cc(Cl)ccc1NC(=O)[C@@H]1CCCN(S(=O)(=O)c2ccc3c(c2)NC(=O)[C@@H](C)O3)C1. The summed E-state index contributed by atoms with van der Waals surface area (Å²) in [6.45, 7) is 3.87. The summed E-state index contributed by atoms with van der Waals surface area (Å²) < 4.78 is 33.3. The van der Waals surface area contributed by atoms with Crippen molar-refractivity contribution in [1.29, 1.82) is 0 Å². The van der Waals surface area contributed by atoms with Crippen LogP contribution < -0.4 is 15.4 Å². The molecule has 2 aromatic rings. The van der Waals surface area contributed by atoms with Gasteiger partial charge in [0, 0.05) is 23.8 Å². The van der Waals surface area contributed by atoms with Crippen LogP contribution in [0.5, 0.6) is 5.75 Å². The average molecular weight is 478 g/mol. The molecule has 4 rings (SSSR count). The Balaban J connectivity index is 1.50. The standard InChI is InChI=1S/C22H24ClN3O5S/c1-13-10-16(23)5-7-18(13)24-22(28)15-4-3-9-26(12-15)32(29,30)17-6-8-20-19(11-17)25-21(27)14(2)31-20/h5-8,10-11,14-15H,3-4,9,12H2,1-2H3,(H,24,28)(H,25,27)/t14-,15-/m1/s1. The third-order valence-electron chi connectivity index (χ3n) is 5.72. The van der Waals surface area contributed by atoms with E-state index in [1.807, 2.05) is 6.92 Å². The Morgan fingerprint density at radius 2 is 2.03 bits per heavy atom. The van der Waals surface area contributed by atoms with Gasteiger partial charge < -0.3 is 15.4 Å². The molecule has 0 unspecified atom stereocenters. The number of carbonyl (C=O) groups is 2. The zero-order valence-electron chi connectivity index (χ0n) is 17.7. The van der Waals surface area contributed by atoms with Gasteiger partial charge in [0.2, 0.25) is 15.9 Å². The summed E-state index contributed by atoms with van der Waals surface area (Å²) in [5.41, 5.74) is 1.80. The molecule has 0 spiro atoms. The van der Waals surface area contributed by atoms with Gasteiger partial charge in [-0.2, -0.15) is 4.31 Å². The van der Waals surface area contributed by atoms with Crippen LogP contribution in [0.15, 0.2) is 41.3 Å². The van der Waals surface area contributed by atoms with Crippen molar-refractivity contribution in [2.75, 3.05) is 23.7 Å². The molecule has 2 aliphatic rings. The normalized spacial score (nSPS) is 21.3. The lowest BCUT2D eigenvalue weighted by molar-refractivity contribution is -0.123. The molecule has 32 heavy (non-hydrogen) atoms. The molecule has 2 aliphatic heterocycles. The smallest absolute Gasteiger partial charge is 0.265 e. The second-order valence-electron chi connectivity index (χ2n) is 8.06. The second kappa shape index (κ2) is 8.73. The number of nitrogens with zero attached hydrogens (tertiary/aromatic N) is 1. The van der Waals surface area contributed by atoms with E-state index in [-0.39, 0.29) is 23.3 Å². The van der Waals surface area contributed by atoms with Gasteiger partial charge in [-0.25, -0.2) is 8.42 Å². The Morgan fingerprint density at radius 3 is 2.78 bits per heavy atom. The number of nitrogens with one attached hydrogen (secondary N) is 2. The molecule has 2 amide bonds. The highest BCUT2D eigenvalue weighted by Gasteiger charge is 2.34. The summed E-state index contributed by atoms with van der Waals surface area (Å²) in [4.78, 5) is 24.8. The number of amides is 2. The van der Waals surface area contributed by atoms with Crippen LogP contribution >= 0.6 is 11.6 Å². The minimum atomic E-state index is -3.85. The van der Waals surface area contributed by atoms with Crippen molar-refractivity contribution in [3.05, 3.63) is 47.0 Å². The molecule has 0 radical (unpaired) electrons. The quantitative estimate of drug-likeness (QED) is 0.702. The number of hydrogen-bond acceptors (Lipinski definition) is 5. The first-order valence-electron chi connectivity index (χ1n) is 10.3. The molecule has 2 N–H and O–H groups in total. The van der Waals surface area contributed by atoms with E-state index in [0.717, 1.165) is 5.56 Å². The Morgan fingerprint density at radius 1 is 1.25 bits per heavy atom. The Bertz CT molecular complexity index is 1180. The minimum absolute atomic E-state index is 0.0457. The van der Waals surface area contributed by atoms with Crippen LogP contribution in [0.1, 0.15) is 25.3 Å². The lowest BCUT2D eigenvalue weighted by atomic mass is 9.98. The van der Waals surface area contributed by atoms with Crippen LogP contribution in [0.25, 0.3) is 0 Å². The van der Waals surface area contributed by atoms with Crippen molar-refractivity contribution in [3.63, 3.8) is 0 Å². The predicted octanol–water partition coefficient (Wildman–Crippen LogP) is 3.41. The van der Waals surface area contributed by atoms with E-state index >= 15 is 0 Å². The van der Waals surface area contributed by atoms with Crippen molar-refractivity contribution in [2.24, 2.45) is 5.92 Å². The molecule has 2 aromatic carbocycles. The third-order valence-corrected chi connectivity index (χ3v) is 7.82. The van der Waals surface area contributed by atoms with Gasteiger partial charge in [-0.3, -0.25) is 9.59 Å². The number of aryl methyl sites for hydroxylation is 1. The Kier molecular flexibility index (Phi) is 6.15. The maximum Gasteiger partial charge on any atom is 0.265 e. The Labute approximate surface area is 191 Å². The monoisotopic (exact) mass is 477 g/mol. The van der Waals surface area contributed by atoms with Crippen molar-refractivity contribution in [3.8, 4) is 5.75 Å². The molecule has 1 saturated heterocycles. The second-order valence-corrected chi connectivity index (χ2v) is 10.4. The van der Waals surface area contributed by atoms with Gasteiger partial charge in [0.05, 0.1) is 16.5 Å². The zero-order valence-corrected chi connectivity index (χ0v) is 19.3. The first-order valence-corrected chi connectivity index (χ1v) is 12.2. The lowest BCUT2D eigenvalue weighted by Crippen LogP contribution is -2.43. The maximum absolute atomic E-state index is 13.3. The maximum atomic E-state index is 13.3. The summed E-state index contributed by atoms with van der Waals surface area (Å²) in [6.07, 6.45) is 0.519. The van der Waals surface area contributed by atoms with Crippen molar-refractivity contribution in [1.82, 2.24) is 4.31 Å². The largest absolute Gasteiger partial charge is 0.479 e. The summed E-state index contributed by atoms with van der Waals surface area (Å²) in [7, 11) is -3.85. The molecule has 10 heteroatoms. The van der Waals surface area contributed by atoms with E-state index in [1.165, 1.54) is 22.5 Å². The molecule has 0 saturated carbocycles. The summed E-state index contributed by atoms with van der Waals surface area (Å²) in [5, 5.41) is 6.13. The number of benzene rings is 2. The van der Waals surface area contributed by atoms with Crippen molar-refractivity contribution >= 4 is 44.8 Å². The fourth-order valence-electron chi connectivity index (χ4n) is 3.87. The number of piperidine rings is 1. The molecule has 0 aliphatic carbocycles. The van der Waals surface area contributed by atoms with Crippen molar-refractivity contribution in [2.45, 2.75) is 37.7 Å². The predicted molar refractivity (Wildman–Crippen MR) is 121 cm³/mol. The number of hydrogen-bond donors (Lipinski definition) is 2. The van der Waals surface area contributed by atoms with Gasteiger partial charge in [0.15, 0.2) is 6.10 Å².